The van der Waals surface area contributed by atoms with Gasteiger partial charge in [0.05, 0.1) is 7.11 Å². The summed E-state index contributed by atoms with van der Waals surface area (Å²) in [5, 5.41) is 3.47. The topological polar surface area (TPSA) is 38.3 Å². The molecule has 2 rings (SSSR count). The Bertz CT molecular complexity index is 476. The van der Waals surface area contributed by atoms with Gasteiger partial charge in [0.2, 0.25) is 0 Å². The lowest BCUT2D eigenvalue weighted by molar-refractivity contribution is -0.148. The summed E-state index contributed by atoms with van der Waals surface area (Å²) in [5.74, 6) is 0.994. The van der Waals surface area contributed by atoms with Crippen LogP contribution in [-0.2, 0) is 9.53 Å². The number of carbonyl (C=O) groups is 1. The summed E-state index contributed by atoms with van der Waals surface area (Å²) in [4.78, 5) is 13.6. The van der Waals surface area contributed by atoms with Crippen molar-refractivity contribution in [2.45, 2.75) is 36.6 Å². The zero-order chi connectivity index (χ0) is 15.3. The smallest absolute Gasteiger partial charge is 0.327 e. The highest BCUT2D eigenvalue weighted by molar-refractivity contribution is 9.10. The van der Waals surface area contributed by atoms with Gasteiger partial charge in [0, 0.05) is 15.1 Å². The first-order valence-corrected chi connectivity index (χ1v) is 9.12. The molecule has 0 radical (unpaired) electrons. The van der Waals surface area contributed by atoms with Crippen molar-refractivity contribution in [3.8, 4) is 0 Å². The van der Waals surface area contributed by atoms with Crippen LogP contribution in [0.2, 0.25) is 0 Å². The molecule has 0 bridgehead atoms. The molecule has 0 heterocycles. The van der Waals surface area contributed by atoms with E-state index in [-0.39, 0.29) is 5.97 Å². The highest BCUT2D eigenvalue weighted by Gasteiger charge is 2.51. The maximum Gasteiger partial charge on any atom is 0.327 e. The van der Waals surface area contributed by atoms with E-state index in [4.69, 9.17) is 4.74 Å². The maximum absolute atomic E-state index is 12.4. The summed E-state index contributed by atoms with van der Waals surface area (Å²) < 4.78 is 6.17. The molecule has 3 nitrogen and oxygen atoms in total. The fourth-order valence-electron chi connectivity index (χ4n) is 2.45. The molecule has 21 heavy (non-hydrogen) atoms. The third-order valence-corrected chi connectivity index (χ3v) is 5.53. The van der Waals surface area contributed by atoms with Gasteiger partial charge in [-0.1, -0.05) is 22.9 Å². The first-order chi connectivity index (χ1) is 10.1. The molecule has 1 atom stereocenters. The molecule has 0 amide bonds. The van der Waals surface area contributed by atoms with E-state index in [1.165, 1.54) is 12.0 Å². The maximum atomic E-state index is 12.4. The van der Waals surface area contributed by atoms with Gasteiger partial charge >= 0.3 is 5.97 Å². The third kappa shape index (κ3) is 4.24. The number of rotatable bonds is 8. The minimum Gasteiger partial charge on any atom is -0.468 e. The second-order valence-electron chi connectivity index (χ2n) is 5.41. The highest BCUT2D eigenvalue weighted by Crippen LogP contribution is 2.43. The average molecular weight is 372 g/mol. The van der Waals surface area contributed by atoms with Crippen LogP contribution < -0.4 is 5.32 Å². The van der Waals surface area contributed by atoms with E-state index in [0.717, 1.165) is 30.3 Å². The number of carbonyl (C=O) groups excluding carboxylic acids is 1. The monoisotopic (exact) mass is 371 g/mol. The minimum absolute atomic E-state index is 0.122. The summed E-state index contributed by atoms with van der Waals surface area (Å²) in [7, 11) is 1.48. The lowest BCUT2D eigenvalue weighted by Crippen LogP contribution is -2.57. The molecule has 1 fully saturated rings. The number of hydrogen-bond donors (Lipinski definition) is 1. The van der Waals surface area contributed by atoms with E-state index in [2.05, 4.69) is 40.3 Å². The van der Waals surface area contributed by atoms with Crippen LogP contribution in [0.5, 0.6) is 0 Å². The van der Waals surface area contributed by atoms with Crippen molar-refractivity contribution in [2.75, 3.05) is 19.4 Å². The number of esters is 1. The predicted molar refractivity (Wildman–Crippen MR) is 90.6 cm³/mol. The molecular formula is C16H22BrNO2S. The quantitative estimate of drug-likeness (QED) is 0.556. The van der Waals surface area contributed by atoms with Crippen LogP contribution in [0.3, 0.4) is 0 Å². The largest absolute Gasteiger partial charge is 0.468 e. The number of nitrogens with one attached hydrogen (secondary N) is 1. The van der Waals surface area contributed by atoms with Gasteiger partial charge in [-0.3, -0.25) is 4.79 Å². The van der Waals surface area contributed by atoms with Crippen molar-refractivity contribution in [2.24, 2.45) is 5.92 Å². The fourth-order valence-corrected chi connectivity index (χ4v) is 3.89. The molecule has 1 aromatic carbocycles. The van der Waals surface area contributed by atoms with Crippen LogP contribution >= 0.6 is 27.7 Å². The van der Waals surface area contributed by atoms with Crippen molar-refractivity contribution in [3.63, 3.8) is 0 Å². The predicted octanol–water partition coefficient (Wildman–Crippen LogP) is 3.86. The number of methoxy groups -OCH3 is 1. The van der Waals surface area contributed by atoms with Gasteiger partial charge in [-0.15, -0.1) is 11.8 Å². The van der Waals surface area contributed by atoms with Crippen LogP contribution in [0.1, 0.15) is 26.2 Å². The van der Waals surface area contributed by atoms with Gasteiger partial charge in [-0.25, -0.2) is 0 Å². The van der Waals surface area contributed by atoms with Crippen LogP contribution in [0.4, 0.5) is 0 Å². The Morgan fingerprint density at radius 2 is 2.10 bits per heavy atom. The van der Waals surface area contributed by atoms with Gasteiger partial charge in [0.1, 0.15) is 5.54 Å². The van der Waals surface area contributed by atoms with E-state index in [9.17, 15) is 4.79 Å². The first-order valence-electron chi connectivity index (χ1n) is 7.34. The number of ether oxygens (including phenoxy) is 1. The van der Waals surface area contributed by atoms with E-state index >= 15 is 0 Å². The van der Waals surface area contributed by atoms with E-state index in [0.29, 0.717) is 11.7 Å². The molecular weight excluding hydrogens is 350 g/mol. The van der Waals surface area contributed by atoms with Crippen molar-refractivity contribution >= 4 is 33.7 Å². The van der Waals surface area contributed by atoms with E-state index in [1.807, 2.05) is 12.1 Å². The zero-order valence-corrected chi connectivity index (χ0v) is 14.9. The number of benzene rings is 1. The Labute approximate surface area is 139 Å². The zero-order valence-electron chi connectivity index (χ0n) is 12.5. The Morgan fingerprint density at radius 3 is 2.62 bits per heavy atom. The van der Waals surface area contributed by atoms with Crippen molar-refractivity contribution in [1.29, 1.82) is 0 Å². The number of halogens is 1. The Morgan fingerprint density at radius 1 is 1.43 bits per heavy atom. The Hall–Kier alpha value is -0.520. The standard InChI is InChI=1S/C16H22BrNO2S/c1-3-10-18-16(12-4-5-12,15(19)20-2)11-21-14-8-6-13(17)7-9-14/h6-9,12,18H,3-5,10-11H2,1-2H3. The Balaban J connectivity index is 2.10. The van der Waals surface area contributed by atoms with Gasteiger partial charge < -0.3 is 10.1 Å². The van der Waals surface area contributed by atoms with E-state index in [1.54, 1.807) is 11.8 Å². The van der Waals surface area contributed by atoms with Crippen LogP contribution in [0, 0.1) is 5.92 Å². The summed E-state index contributed by atoms with van der Waals surface area (Å²) >= 11 is 5.16. The lowest BCUT2D eigenvalue weighted by atomic mass is 9.95. The van der Waals surface area contributed by atoms with Gasteiger partial charge in [0.25, 0.3) is 0 Å². The molecule has 1 aromatic rings. The molecule has 116 valence electrons. The summed E-state index contributed by atoms with van der Waals surface area (Å²) in [6.07, 6.45) is 3.22. The average Bonchev–Trinajstić information content (AvgIpc) is 3.34. The summed E-state index contributed by atoms with van der Waals surface area (Å²) in [6.45, 7) is 2.95. The van der Waals surface area contributed by atoms with Gasteiger partial charge in [-0.05, 0) is 56.0 Å². The molecule has 1 N–H and O–H groups in total. The normalized spacial score (nSPS) is 17.3. The molecule has 5 heteroatoms. The van der Waals surface area contributed by atoms with Gasteiger partial charge in [0.15, 0.2) is 0 Å². The van der Waals surface area contributed by atoms with Crippen LogP contribution in [-0.4, -0.2) is 30.9 Å². The molecule has 1 aliphatic rings. The van der Waals surface area contributed by atoms with Crippen molar-refractivity contribution < 1.29 is 9.53 Å². The molecule has 0 saturated heterocycles. The minimum atomic E-state index is -0.539. The Kier molecular flexibility index (Phi) is 6.14. The molecule has 0 aliphatic heterocycles. The molecule has 1 aliphatic carbocycles. The van der Waals surface area contributed by atoms with Crippen LogP contribution in [0.25, 0.3) is 0 Å². The first kappa shape index (κ1) is 16.8. The highest BCUT2D eigenvalue weighted by atomic mass is 79.9. The summed E-state index contributed by atoms with van der Waals surface area (Å²) in [6, 6.07) is 8.20. The van der Waals surface area contributed by atoms with E-state index < -0.39 is 5.54 Å². The van der Waals surface area contributed by atoms with Crippen LogP contribution in [0.15, 0.2) is 33.6 Å². The second kappa shape index (κ2) is 7.65. The van der Waals surface area contributed by atoms with Crippen molar-refractivity contribution in [3.05, 3.63) is 28.7 Å². The SMILES string of the molecule is CCCNC(CSc1ccc(Br)cc1)(C(=O)OC)C1CC1. The molecule has 1 saturated carbocycles. The fraction of sp³-hybridized carbons (Fsp3) is 0.562. The summed E-state index contributed by atoms with van der Waals surface area (Å²) in [5.41, 5.74) is -0.539. The molecule has 0 spiro atoms. The number of thioether (sulfide) groups is 1. The second-order valence-corrected chi connectivity index (χ2v) is 7.37. The lowest BCUT2D eigenvalue weighted by Gasteiger charge is -2.32. The third-order valence-electron chi connectivity index (χ3n) is 3.79. The molecule has 0 aromatic heterocycles. The number of hydrogen-bond acceptors (Lipinski definition) is 4. The van der Waals surface area contributed by atoms with Crippen molar-refractivity contribution in [1.82, 2.24) is 5.32 Å². The molecule has 1 unspecified atom stereocenters. The van der Waals surface area contributed by atoms with Gasteiger partial charge in [-0.2, -0.15) is 0 Å².